The van der Waals surface area contributed by atoms with Crippen LogP contribution in [-0.2, 0) is 6.54 Å². The van der Waals surface area contributed by atoms with E-state index in [2.05, 4.69) is 22.2 Å². The molecule has 4 aromatic rings. The molecule has 0 saturated heterocycles. The largest absolute Gasteiger partial charge is 0.497 e. The van der Waals surface area contributed by atoms with Crippen LogP contribution in [0.5, 0.6) is 11.5 Å². The van der Waals surface area contributed by atoms with Crippen molar-refractivity contribution in [2.75, 3.05) is 14.2 Å². The maximum atomic E-state index is 5.35. The first-order valence-corrected chi connectivity index (χ1v) is 8.95. The van der Waals surface area contributed by atoms with Gasteiger partial charge in [-0.1, -0.05) is 11.3 Å². The Morgan fingerprint density at radius 3 is 2.38 bits per heavy atom. The average Bonchev–Trinajstić information content (AvgIpc) is 3.34. The molecular weight excluding hydrogens is 352 g/mol. The molecule has 0 saturated carbocycles. The van der Waals surface area contributed by atoms with E-state index in [-0.39, 0.29) is 0 Å². The van der Waals surface area contributed by atoms with E-state index in [1.165, 1.54) is 11.3 Å². The topological polar surface area (TPSA) is 79.4 Å². The highest BCUT2D eigenvalue weighted by Crippen LogP contribution is 2.32. The van der Waals surface area contributed by atoms with Gasteiger partial charge in [-0.25, -0.2) is 0 Å². The number of hydrogen-bond donors (Lipinski definition) is 0. The van der Waals surface area contributed by atoms with Gasteiger partial charge >= 0.3 is 0 Å². The average molecular weight is 370 g/mol. The van der Waals surface area contributed by atoms with E-state index in [9.17, 15) is 0 Å². The number of hydrogen-bond acceptors (Lipinski definition) is 7. The number of aromatic nitrogens is 6. The standard InChI is InChI=1S/C17H18N6O2S/c1-5-22-14(6-10(2)20-22)16-21-23-15(18-19-17(23)26-16)11-7-12(24-3)9-13(8-11)25-4/h6-9H,5H2,1-4H3. The van der Waals surface area contributed by atoms with Crippen molar-refractivity contribution in [3.63, 3.8) is 0 Å². The molecule has 0 radical (unpaired) electrons. The second-order valence-electron chi connectivity index (χ2n) is 5.71. The van der Waals surface area contributed by atoms with Crippen molar-refractivity contribution in [3.8, 4) is 33.6 Å². The summed E-state index contributed by atoms with van der Waals surface area (Å²) in [7, 11) is 3.24. The minimum Gasteiger partial charge on any atom is -0.497 e. The Kier molecular flexibility index (Phi) is 4.08. The molecule has 9 heteroatoms. The third kappa shape index (κ3) is 2.70. The molecule has 8 nitrogen and oxygen atoms in total. The molecule has 4 rings (SSSR count). The molecule has 0 bridgehead atoms. The molecule has 26 heavy (non-hydrogen) atoms. The van der Waals surface area contributed by atoms with E-state index in [0.29, 0.717) is 17.3 Å². The zero-order chi connectivity index (χ0) is 18.3. The fourth-order valence-electron chi connectivity index (χ4n) is 2.80. The lowest BCUT2D eigenvalue weighted by molar-refractivity contribution is 0.394. The van der Waals surface area contributed by atoms with E-state index in [1.54, 1.807) is 18.7 Å². The van der Waals surface area contributed by atoms with Crippen LogP contribution in [-0.4, -0.2) is 43.8 Å². The van der Waals surface area contributed by atoms with E-state index in [0.717, 1.165) is 33.5 Å². The molecule has 134 valence electrons. The predicted molar refractivity (Wildman–Crippen MR) is 98.8 cm³/mol. The summed E-state index contributed by atoms with van der Waals surface area (Å²) in [4.78, 5) is 0.721. The summed E-state index contributed by atoms with van der Waals surface area (Å²) in [5.74, 6) is 2.01. The van der Waals surface area contributed by atoms with Gasteiger partial charge in [0.2, 0.25) is 4.96 Å². The molecule has 3 heterocycles. The first kappa shape index (κ1) is 16.5. The van der Waals surface area contributed by atoms with Crippen molar-refractivity contribution in [2.24, 2.45) is 0 Å². The Morgan fingerprint density at radius 2 is 1.73 bits per heavy atom. The van der Waals surface area contributed by atoms with Gasteiger partial charge in [-0.05, 0) is 32.0 Å². The summed E-state index contributed by atoms with van der Waals surface area (Å²) in [6.07, 6.45) is 0. The molecule has 0 amide bonds. The van der Waals surface area contributed by atoms with Crippen LogP contribution in [0.15, 0.2) is 24.3 Å². The number of ether oxygens (including phenoxy) is 2. The minimum absolute atomic E-state index is 0.638. The molecule has 0 unspecified atom stereocenters. The SMILES string of the molecule is CCn1nc(C)cc1-c1nn2c(-c3cc(OC)cc(OC)c3)nnc2s1. The number of fused-ring (bicyclic) bond motifs is 1. The van der Waals surface area contributed by atoms with Crippen LogP contribution in [0, 0.1) is 6.92 Å². The Hall–Kier alpha value is -2.94. The number of aryl methyl sites for hydroxylation is 2. The molecule has 0 N–H and O–H groups in total. The highest BCUT2D eigenvalue weighted by atomic mass is 32.1. The maximum absolute atomic E-state index is 5.35. The number of benzene rings is 1. The summed E-state index contributed by atoms with van der Waals surface area (Å²) < 4.78 is 14.4. The lowest BCUT2D eigenvalue weighted by Crippen LogP contribution is -1.99. The highest BCUT2D eigenvalue weighted by molar-refractivity contribution is 7.19. The monoisotopic (exact) mass is 370 g/mol. The van der Waals surface area contributed by atoms with E-state index >= 15 is 0 Å². The fraction of sp³-hybridized carbons (Fsp3) is 0.294. The van der Waals surface area contributed by atoms with E-state index in [1.807, 2.05) is 35.9 Å². The van der Waals surface area contributed by atoms with Gasteiger partial charge in [0.25, 0.3) is 0 Å². The molecule has 0 spiro atoms. The van der Waals surface area contributed by atoms with Crippen molar-refractivity contribution < 1.29 is 9.47 Å². The minimum atomic E-state index is 0.638. The van der Waals surface area contributed by atoms with Gasteiger partial charge in [0, 0.05) is 18.2 Å². The summed E-state index contributed by atoms with van der Waals surface area (Å²) >= 11 is 1.48. The number of methoxy groups -OCH3 is 2. The first-order chi connectivity index (χ1) is 12.6. The van der Waals surface area contributed by atoms with Crippen LogP contribution in [0.3, 0.4) is 0 Å². The maximum Gasteiger partial charge on any atom is 0.235 e. The van der Waals surface area contributed by atoms with E-state index < -0.39 is 0 Å². The van der Waals surface area contributed by atoms with Crippen molar-refractivity contribution in [2.45, 2.75) is 20.4 Å². The zero-order valence-electron chi connectivity index (χ0n) is 14.9. The Balaban J connectivity index is 1.84. The van der Waals surface area contributed by atoms with E-state index in [4.69, 9.17) is 14.6 Å². The van der Waals surface area contributed by atoms with Crippen LogP contribution in [0.1, 0.15) is 12.6 Å². The second-order valence-corrected chi connectivity index (χ2v) is 6.67. The number of nitrogens with zero attached hydrogens (tertiary/aromatic N) is 6. The molecule has 0 aliphatic carbocycles. The van der Waals surface area contributed by atoms with Gasteiger partial charge in [0.1, 0.15) is 11.5 Å². The second kappa shape index (κ2) is 6.41. The van der Waals surface area contributed by atoms with Gasteiger partial charge in [-0.3, -0.25) is 4.68 Å². The number of rotatable bonds is 5. The quantitative estimate of drug-likeness (QED) is 0.537. The normalized spacial score (nSPS) is 11.2. The first-order valence-electron chi connectivity index (χ1n) is 8.13. The molecule has 0 aliphatic rings. The molecular formula is C17H18N6O2S. The molecule has 0 fully saturated rings. The third-order valence-corrected chi connectivity index (χ3v) is 4.94. The summed E-state index contributed by atoms with van der Waals surface area (Å²) in [5, 5.41) is 18.6. The van der Waals surface area contributed by atoms with Crippen LogP contribution in [0.25, 0.3) is 27.1 Å². The van der Waals surface area contributed by atoms with Crippen molar-refractivity contribution in [3.05, 3.63) is 30.0 Å². The molecule has 1 aromatic carbocycles. The third-order valence-electron chi connectivity index (χ3n) is 4.02. The zero-order valence-corrected chi connectivity index (χ0v) is 15.7. The predicted octanol–water partition coefficient (Wildman–Crippen LogP) is 3.06. The van der Waals surface area contributed by atoms with Gasteiger partial charge < -0.3 is 9.47 Å². The van der Waals surface area contributed by atoms with Crippen LogP contribution in [0.4, 0.5) is 0 Å². The molecule has 0 aliphatic heterocycles. The Morgan fingerprint density at radius 1 is 1.00 bits per heavy atom. The van der Waals surface area contributed by atoms with Crippen molar-refractivity contribution >= 4 is 16.3 Å². The fourth-order valence-corrected chi connectivity index (χ4v) is 3.66. The molecule has 0 atom stereocenters. The van der Waals surface area contributed by atoms with Crippen molar-refractivity contribution in [1.29, 1.82) is 0 Å². The Bertz CT molecular complexity index is 1060. The summed E-state index contributed by atoms with van der Waals surface area (Å²) in [6, 6.07) is 7.62. The van der Waals surface area contributed by atoms with Crippen LogP contribution in [0.2, 0.25) is 0 Å². The lowest BCUT2D eigenvalue weighted by Gasteiger charge is -2.06. The smallest absolute Gasteiger partial charge is 0.235 e. The molecule has 3 aromatic heterocycles. The summed E-state index contributed by atoms with van der Waals surface area (Å²) in [6.45, 7) is 4.82. The van der Waals surface area contributed by atoms with Crippen molar-refractivity contribution in [1.82, 2.24) is 29.6 Å². The summed E-state index contributed by atoms with van der Waals surface area (Å²) in [5.41, 5.74) is 2.77. The van der Waals surface area contributed by atoms with Gasteiger partial charge in [-0.15, -0.1) is 10.2 Å². The van der Waals surface area contributed by atoms with Gasteiger partial charge in [0.15, 0.2) is 10.8 Å². The van der Waals surface area contributed by atoms with Gasteiger partial charge in [0.05, 0.1) is 25.6 Å². The lowest BCUT2D eigenvalue weighted by atomic mass is 10.2. The van der Waals surface area contributed by atoms with Crippen LogP contribution < -0.4 is 9.47 Å². The highest BCUT2D eigenvalue weighted by Gasteiger charge is 2.18. The Labute approximate surface area is 154 Å². The van der Waals surface area contributed by atoms with Crippen LogP contribution >= 0.6 is 11.3 Å². The van der Waals surface area contributed by atoms with Gasteiger partial charge in [-0.2, -0.15) is 14.7 Å².